The molecule has 7 nitrogen and oxygen atoms in total. The van der Waals surface area contributed by atoms with Gasteiger partial charge in [-0.2, -0.15) is 0 Å². The van der Waals surface area contributed by atoms with Crippen LogP contribution in [0.15, 0.2) is 21.3 Å². The predicted molar refractivity (Wildman–Crippen MR) is 74.7 cm³/mol. The van der Waals surface area contributed by atoms with Crippen molar-refractivity contribution in [3.8, 4) is 0 Å². The molecule has 0 aliphatic heterocycles. The van der Waals surface area contributed by atoms with Gasteiger partial charge in [0.2, 0.25) is 5.13 Å². The van der Waals surface area contributed by atoms with Gasteiger partial charge in [0.15, 0.2) is 11.2 Å². The van der Waals surface area contributed by atoms with Crippen molar-refractivity contribution >= 4 is 22.4 Å². The number of anilines is 1. The van der Waals surface area contributed by atoms with Crippen molar-refractivity contribution in [1.82, 2.24) is 15.5 Å². The molecule has 0 bridgehead atoms. The molecule has 20 heavy (non-hydrogen) atoms. The SMILES string of the molecule is Cc1cc(=O)cc(C(=O)NCCCc2nnc(N)s2)o1. The molecule has 0 saturated heterocycles. The zero-order valence-corrected chi connectivity index (χ0v) is 11.7. The first-order valence-corrected chi connectivity index (χ1v) is 6.84. The Morgan fingerprint density at radius 1 is 1.45 bits per heavy atom. The van der Waals surface area contributed by atoms with Gasteiger partial charge in [-0.15, -0.1) is 10.2 Å². The number of aromatic nitrogens is 2. The fourth-order valence-electron chi connectivity index (χ4n) is 1.61. The highest BCUT2D eigenvalue weighted by molar-refractivity contribution is 7.15. The average Bonchev–Trinajstić information content (AvgIpc) is 2.79. The van der Waals surface area contributed by atoms with Gasteiger partial charge < -0.3 is 15.5 Å². The minimum atomic E-state index is -0.400. The van der Waals surface area contributed by atoms with E-state index in [2.05, 4.69) is 15.5 Å². The molecule has 0 aliphatic carbocycles. The summed E-state index contributed by atoms with van der Waals surface area (Å²) >= 11 is 1.33. The van der Waals surface area contributed by atoms with Crippen LogP contribution in [0.1, 0.15) is 27.7 Å². The van der Waals surface area contributed by atoms with Gasteiger partial charge in [0.05, 0.1) is 0 Å². The van der Waals surface area contributed by atoms with Crippen LogP contribution in [0, 0.1) is 6.92 Å². The number of carbonyl (C=O) groups is 1. The van der Waals surface area contributed by atoms with E-state index < -0.39 is 5.91 Å². The van der Waals surface area contributed by atoms with E-state index in [1.807, 2.05) is 0 Å². The van der Waals surface area contributed by atoms with E-state index in [1.54, 1.807) is 6.92 Å². The number of amides is 1. The van der Waals surface area contributed by atoms with Gasteiger partial charge in [0.25, 0.3) is 5.91 Å². The summed E-state index contributed by atoms with van der Waals surface area (Å²) in [4.78, 5) is 23.0. The number of hydrogen-bond donors (Lipinski definition) is 2. The zero-order chi connectivity index (χ0) is 14.5. The molecule has 0 atom stereocenters. The van der Waals surface area contributed by atoms with Gasteiger partial charge in [-0.3, -0.25) is 9.59 Å². The summed E-state index contributed by atoms with van der Waals surface area (Å²) in [7, 11) is 0. The maximum atomic E-state index is 11.8. The highest BCUT2D eigenvalue weighted by Crippen LogP contribution is 2.12. The molecule has 0 fully saturated rings. The van der Waals surface area contributed by atoms with Crippen molar-refractivity contribution in [3.63, 3.8) is 0 Å². The second-order valence-corrected chi connectivity index (χ2v) is 5.26. The summed E-state index contributed by atoms with van der Waals surface area (Å²) < 4.78 is 5.19. The monoisotopic (exact) mass is 294 g/mol. The number of nitrogens with zero attached hydrogens (tertiary/aromatic N) is 2. The highest BCUT2D eigenvalue weighted by Gasteiger charge is 2.09. The zero-order valence-electron chi connectivity index (χ0n) is 10.9. The maximum Gasteiger partial charge on any atom is 0.287 e. The van der Waals surface area contributed by atoms with E-state index in [1.165, 1.54) is 23.5 Å². The largest absolute Gasteiger partial charge is 0.456 e. The van der Waals surface area contributed by atoms with Crippen LogP contribution in [-0.4, -0.2) is 22.6 Å². The third-order valence-electron chi connectivity index (χ3n) is 2.45. The summed E-state index contributed by atoms with van der Waals surface area (Å²) in [6.07, 6.45) is 1.39. The van der Waals surface area contributed by atoms with Gasteiger partial charge in [-0.25, -0.2) is 0 Å². The number of nitrogens with one attached hydrogen (secondary N) is 1. The van der Waals surface area contributed by atoms with Crippen LogP contribution in [0.3, 0.4) is 0 Å². The van der Waals surface area contributed by atoms with Crippen LogP contribution in [0.5, 0.6) is 0 Å². The first-order chi connectivity index (χ1) is 9.54. The third-order valence-corrected chi connectivity index (χ3v) is 3.26. The Hall–Kier alpha value is -2.22. The lowest BCUT2D eigenvalue weighted by Gasteiger charge is -2.03. The second-order valence-electron chi connectivity index (χ2n) is 4.16. The van der Waals surface area contributed by atoms with Gasteiger partial charge in [0, 0.05) is 25.1 Å². The molecule has 1 amide bonds. The molecule has 2 heterocycles. The molecule has 2 rings (SSSR count). The summed E-state index contributed by atoms with van der Waals surface area (Å²) in [5, 5.41) is 11.5. The Morgan fingerprint density at radius 2 is 2.25 bits per heavy atom. The molecule has 3 N–H and O–H groups in total. The van der Waals surface area contributed by atoms with Crippen LogP contribution in [0.2, 0.25) is 0 Å². The number of nitrogen functional groups attached to an aromatic ring is 1. The van der Waals surface area contributed by atoms with Crippen LogP contribution >= 0.6 is 11.3 Å². The molecule has 106 valence electrons. The first kappa shape index (κ1) is 14.2. The number of rotatable bonds is 5. The fraction of sp³-hybridized carbons (Fsp3) is 0.333. The van der Waals surface area contributed by atoms with Crippen molar-refractivity contribution in [2.24, 2.45) is 0 Å². The molecule has 0 aliphatic rings. The van der Waals surface area contributed by atoms with Crippen molar-refractivity contribution in [3.05, 3.63) is 38.9 Å². The van der Waals surface area contributed by atoms with E-state index in [-0.39, 0.29) is 11.2 Å². The summed E-state index contributed by atoms with van der Waals surface area (Å²) in [6, 6.07) is 2.50. The molecular weight excluding hydrogens is 280 g/mol. The van der Waals surface area contributed by atoms with E-state index in [0.717, 1.165) is 5.01 Å². The smallest absolute Gasteiger partial charge is 0.287 e. The molecule has 0 unspecified atom stereocenters. The molecule has 0 saturated carbocycles. The lowest BCUT2D eigenvalue weighted by atomic mass is 10.3. The van der Waals surface area contributed by atoms with E-state index in [9.17, 15) is 9.59 Å². The Kier molecular flexibility index (Phi) is 4.46. The van der Waals surface area contributed by atoms with E-state index in [0.29, 0.717) is 30.3 Å². The fourth-order valence-corrected chi connectivity index (χ4v) is 2.26. The van der Waals surface area contributed by atoms with Gasteiger partial charge >= 0.3 is 0 Å². The van der Waals surface area contributed by atoms with Crippen molar-refractivity contribution < 1.29 is 9.21 Å². The molecule has 8 heteroatoms. The standard InChI is InChI=1S/C12H14N4O3S/c1-7-5-8(17)6-9(19-7)11(18)14-4-2-3-10-15-16-12(13)20-10/h5-6H,2-4H2,1H3,(H2,13,16)(H,14,18). The molecule has 2 aromatic rings. The van der Waals surface area contributed by atoms with E-state index in [4.69, 9.17) is 10.2 Å². The Morgan fingerprint density at radius 3 is 2.90 bits per heavy atom. The lowest BCUT2D eigenvalue weighted by molar-refractivity contribution is 0.0921. The number of carbonyl (C=O) groups excluding carboxylic acids is 1. The van der Waals surface area contributed by atoms with Crippen LogP contribution in [0.4, 0.5) is 5.13 Å². The highest BCUT2D eigenvalue weighted by atomic mass is 32.1. The van der Waals surface area contributed by atoms with Crippen LogP contribution < -0.4 is 16.5 Å². The molecule has 2 aromatic heterocycles. The molecule has 0 spiro atoms. The Balaban J connectivity index is 1.81. The summed E-state index contributed by atoms with van der Waals surface area (Å²) in [6.45, 7) is 2.08. The van der Waals surface area contributed by atoms with Gasteiger partial charge in [-0.05, 0) is 13.3 Å². The van der Waals surface area contributed by atoms with Crippen molar-refractivity contribution in [2.45, 2.75) is 19.8 Å². The number of hydrogen-bond acceptors (Lipinski definition) is 7. The first-order valence-electron chi connectivity index (χ1n) is 6.02. The minimum absolute atomic E-state index is 0.0233. The minimum Gasteiger partial charge on any atom is -0.456 e. The normalized spacial score (nSPS) is 10.4. The van der Waals surface area contributed by atoms with Crippen LogP contribution in [0.25, 0.3) is 0 Å². The van der Waals surface area contributed by atoms with Crippen molar-refractivity contribution in [2.75, 3.05) is 12.3 Å². The lowest BCUT2D eigenvalue weighted by Crippen LogP contribution is -2.25. The van der Waals surface area contributed by atoms with E-state index >= 15 is 0 Å². The second kappa shape index (κ2) is 6.29. The topological polar surface area (TPSA) is 111 Å². The van der Waals surface area contributed by atoms with Gasteiger partial charge in [-0.1, -0.05) is 11.3 Å². The Bertz CT molecular complexity index is 665. The summed E-state index contributed by atoms with van der Waals surface area (Å²) in [5.74, 6) is 0.0322. The maximum absolute atomic E-state index is 11.8. The molecule has 0 aromatic carbocycles. The van der Waals surface area contributed by atoms with Gasteiger partial charge in [0.1, 0.15) is 10.8 Å². The number of nitrogens with two attached hydrogens (primary N) is 1. The number of aryl methyl sites for hydroxylation is 2. The predicted octanol–water partition coefficient (Wildman–Crippen LogP) is 0.745. The van der Waals surface area contributed by atoms with Crippen molar-refractivity contribution in [1.29, 1.82) is 0 Å². The van der Waals surface area contributed by atoms with Crippen LogP contribution in [-0.2, 0) is 6.42 Å². The quantitative estimate of drug-likeness (QED) is 0.787. The average molecular weight is 294 g/mol. The molecule has 0 radical (unpaired) electrons. The summed E-state index contributed by atoms with van der Waals surface area (Å²) in [5.41, 5.74) is 5.22. The third kappa shape index (κ3) is 3.89. The Labute approximate surface area is 118 Å². The molecular formula is C12H14N4O3S.